The molecule has 150 valence electrons. The van der Waals surface area contributed by atoms with Crippen molar-refractivity contribution in [3.05, 3.63) is 53.6 Å². The Morgan fingerprint density at radius 3 is 2.52 bits per heavy atom. The van der Waals surface area contributed by atoms with Crippen molar-refractivity contribution in [1.82, 2.24) is 14.8 Å². The molecular weight excluding hydrogens is 386 g/mol. The number of carbonyl (C=O) groups excluding carboxylic acids is 1. The highest BCUT2D eigenvalue weighted by Crippen LogP contribution is 2.42. The molecule has 2 heterocycles. The average molecular weight is 410 g/mol. The molecule has 1 aromatic heterocycles. The van der Waals surface area contributed by atoms with Gasteiger partial charge in [-0.2, -0.15) is 4.68 Å². The van der Waals surface area contributed by atoms with E-state index in [1.165, 1.54) is 10.2 Å². The van der Waals surface area contributed by atoms with Crippen LogP contribution in [-0.4, -0.2) is 33.9 Å². The molecule has 0 spiro atoms. The van der Waals surface area contributed by atoms with Crippen LogP contribution in [0.15, 0.2) is 47.6 Å². The Hall–Kier alpha value is -2.80. The van der Waals surface area contributed by atoms with E-state index in [2.05, 4.69) is 41.3 Å². The van der Waals surface area contributed by atoms with Gasteiger partial charge in [-0.05, 0) is 44.5 Å². The number of aromatic nitrogens is 3. The summed E-state index contributed by atoms with van der Waals surface area (Å²) >= 11 is 1.57. The van der Waals surface area contributed by atoms with Crippen LogP contribution in [0.5, 0.6) is 11.5 Å². The summed E-state index contributed by atoms with van der Waals surface area (Å²) in [6, 6.07) is 13.9. The predicted octanol–water partition coefficient (Wildman–Crippen LogP) is 4.93. The second kappa shape index (κ2) is 8.29. The van der Waals surface area contributed by atoms with Gasteiger partial charge in [-0.25, -0.2) is 4.98 Å². The van der Waals surface area contributed by atoms with Crippen LogP contribution in [-0.2, 0) is 0 Å². The van der Waals surface area contributed by atoms with Crippen LogP contribution in [0.25, 0.3) is 11.4 Å². The minimum atomic E-state index is -0.0426. The second-order valence-electron chi connectivity index (χ2n) is 6.77. The summed E-state index contributed by atoms with van der Waals surface area (Å²) in [4.78, 5) is 17.3. The van der Waals surface area contributed by atoms with Crippen LogP contribution in [0.1, 0.15) is 41.4 Å². The zero-order valence-electron chi connectivity index (χ0n) is 16.7. The fourth-order valence-electron chi connectivity index (χ4n) is 3.23. The molecule has 1 atom stereocenters. The van der Waals surface area contributed by atoms with Gasteiger partial charge in [0.15, 0.2) is 22.5 Å². The molecule has 6 nitrogen and oxygen atoms in total. The van der Waals surface area contributed by atoms with Crippen molar-refractivity contribution in [2.75, 3.05) is 13.2 Å². The van der Waals surface area contributed by atoms with E-state index in [4.69, 9.17) is 9.47 Å². The van der Waals surface area contributed by atoms with Gasteiger partial charge in [0, 0.05) is 17.2 Å². The number of fused-ring (bicyclic) bond motifs is 1. The molecule has 29 heavy (non-hydrogen) atoms. The first kappa shape index (κ1) is 19.5. The third-order valence-corrected chi connectivity index (χ3v) is 5.87. The number of carbonyl (C=O) groups is 1. The van der Waals surface area contributed by atoms with Gasteiger partial charge in [0.05, 0.1) is 13.2 Å². The molecule has 0 radical (unpaired) electrons. The summed E-state index contributed by atoms with van der Waals surface area (Å²) in [5, 5.41) is 5.13. The highest BCUT2D eigenvalue weighted by atomic mass is 32.2. The van der Waals surface area contributed by atoms with Crippen LogP contribution >= 0.6 is 11.8 Å². The van der Waals surface area contributed by atoms with E-state index in [9.17, 15) is 4.79 Å². The van der Waals surface area contributed by atoms with E-state index in [0.29, 0.717) is 42.1 Å². The van der Waals surface area contributed by atoms with Gasteiger partial charge in [-0.1, -0.05) is 41.6 Å². The van der Waals surface area contributed by atoms with Crippen molar-refractivity contribution in [2.24, 2.45) is 0 Å². The minimum Gasteiger partial charge on any atom is -0.490 e. The first-order valence-corrected chi connectivity index (χ1v) is 10.6. The number of thioether (sulfide) groups is 1. The van der Waals surface area contributed by atoms with Gasteiger partial charge in [-0.15, -0.1) is 5.10 Å². The summed E-state index contributed by atoms with van der Waals surface area (Å²) in [5.41, 5.74) is 3.12. The molecule has 0 amide bonds. The van der Waals surface area contributed by atoms with Crippen LogP contribution < -0.4 is 9.47 Å². The molecule has 0 N–H and O–H groups in total. The number of ether oxygens (including phenoxy) is 2. The fourth-order valence-corrected chi connectivity index (χ4v) is 4.39. The number of rotatable bonds is 6. The molecule has 1 aliphatic heterocycles. The van der Waals surface area contributed by atoms with Crippen molar-refractivity contribution < 1.29 is 14.3 Å². The lowest BCUT2D eigenvalue weighted by atomic mass is 10.1. The number of hydrogen-bond donors (Lipinski definition) is 0. The molecule has 3 aromatic rings. The minimum absolute atomic E-state index is 0.0426. The van der Waals surface area contributed by atoms with Gasteiger partial charge in [-0.3, -0.25) is 4.79 Å². The van der Waals surface area contributed by atoms with E-state index >= 15 is 0 Å². The van der Waals surface area contributed by atoms with Crippen LogP contribution in [0.3, 0.4) is 0 Å². The van der Waals surface area contributed by atoms with E-state index in [1.807, 2.05) is 32.0 Å². The lowest BCUT2D eigenvalue weighted by Gasteiger charge is -2.20. The maximum absolute atomic E-state index is 12.7. The molecule has 0 saturated heterocycles. The van der Waals surface area contributed by atoms with E-state index in [0.717, 1.165) is 11.1 Å². The number of aryl methyl sites for hydroxylation is 1. The van der Waals surface area contributed by atoms with Gasteiger partial charge in [0.1, 0.15) is 0 Å². The highest BCUT2D eigenvalue weighted by Gasteiger charge is 2.30. The SMILES string of the molecule is CCOc1ccc(-c2nc3n(n2)C(=O)C[C@@H](c2ccc(C)cc2)S3)cc1OCC. The molecule has 0 saturated carbocycles. The first-order valence-electron chi connectivity index (χ1n) is 9.72. The molecule has 0 bridgehead atoms. The largest absolute Gasteiger partial charge is 0.490 e. The molecule has 2 aromatic carbocycles. The molecule has 0 fully saturated rings. The summed E-state index contributed by atoms with van der Waals surface area (Å²) in [5.74, 6) is 1.80. The summed E-state index contributed by atoms with van der Waals surface area (Å²) in [6.07, 6.45) is 0.400. The van der Waals surface area contributed by atoms with Crippen molar-refractivity contribution in [3.63, 3.8) is 0 Å². The lowest BCUT2D eigenvalue weighted by Crippen LogP contribution is -2.20. The standard InChI is InChI=1S/C22H23N3O3S/c1-4-27-17-11-10-16(12-18(17)28-5-2)21-23-22-25(24-21)20(26)13-19(29-22)15-8-6-14(3)7-9-15/h6-12,19H,4-5,13H2,1-3H3/t19-/m0/s1. The molecule has 7 heteroatoms. The molecular formula is C22H23N3O3S. The molecule has 1 aliphatic rings. The van der Waals surface area contributed by atoms with E-state index < -0.39 is 0 Å². The summed E-state index contributed by atoms with van der Waals surface area (Å²) in [6.45, 7) is 7.00. The van der Waals surface area contributed by atoms with Crippen LogP contribution in [0, 0.1) is 6.92 Å². The monoisotopic (exact) mass is 409 g/mol. The Kier molecular flexibility index (Phi) is 5.58. The van der Waals surface area contributed by atoms with Crippen molar-refractivity contribution >= 4 is 17.7 Å². The zero-order chi connectivity index (χ0) is 20.4. The number of hydrogen-bond acceptors (Lipinski definition) is 6. The lowest BCUT2D eigenvalue weighted by molar-refractivity contribution is 0.0868. The van der Waals surface area contributed by atoms with Crippen LogP contribution in [0.2, 0.25) is 0 Å². The number of nitrogens with zero attached hydrogens (tertiary/aromatic N) is 3. The van der Waals surface area contributed by atoms with E-state index in [1.54, 1.807) is 11.8 Å². The van der Waals surface area contributed by atoms with Gasteiger partial charge >= 0.3 is 0 Å². The Morgan fingerprint density at radius 1 is 1.07 bits per heavy atom. The summed E-state index contributed by atoms with van der Waals surface area (Å²) < 4.78 is 12.7. The third-order valence-electron chi connectivity index (χ3n) is 4.67. The predicted molar refractivity (Wildman–Crippen MR) is 113 cm³/mol. The molecule has 0 unspecified atom stereocenters. The van der Waals surface area contributed by atoms with Crippen molar-refractivity contribution in [3.8, 4) is 22.9 Å². The van der Waals surface area contributed by atoms with E-state index in [-0.39, 0.29) is 11.2 Å². The smallest absolute Gasteiger partial charge is 0.250 e. The van der Waals surface area contributed by atoms with Crippen LogP contribution in [0.4, 0.5) is 0 Å². The van der Waals surface area contributed by atoms with Gasteiger partial charge in [0.2, 0.25) is 0 Å². The zero-order valence-corrected chi connectivity index (χ0v) is 17.5. The first-order chi connectivity index (χ1) is 14.1. The Balaban J connectivity index is 1.64. The summed E-state index contributed by atoms with van der Waals surface area (Å²) in [7, 11) is 0. The highest BCUT2D eigenvalue weighted by molar-refractivity contribution is 7.99. The van der Waals surface area contributed by atoms with Gasteiger partial charge in [0.25, 0.3) is 5.91 Å². The topological polar surface area (TPSA) is 66.2 Å². The Bertz CT molecular complexity index is 1030. The van der Waals surface area contributed by atoms with Crippen molar-refractivity contribution in [1.29, 1.82) is 0 Å². The Morgan fingerprint density at radius 2 is 1.79 bits per heavy atom. The van der Waals surface area contributed by atoms with Gasteiger partial charge < -0.3 is 9.47 Å². The maximum Gasteiger partial charge on any atom is 0.250 e. The van der Waals surface area contributed by atoms with Crippen molar-refractivity contribution in [2.45, 2.75) is 37.6 Å². The average Bonchev–Trinajstić information content (AvgIpc) is 3.15. The number of benzene rings is 2. The fraction of sp³-hybridized carbons (Fsp3) is 0.318. The second-order valence-corrected chi connectivity index (χ2v) is 7.94. The molecule has 0 aliphatic carbocycles. The Labute approximate surface area is 174 Å². The normalized spacial score (nSPS) is 15.8. The maximum atomic E-state index is 12.7. The molecule has 4 rings (SSSR count). The third kappa shape index (κ3) is 4.00. The quantitative estimate of drug-likeness (QED) is 0.575.